The lowest BCUT2D eigenvalue weighted by atomic mass is 10.0. The smallest absolute Gasteiger partial charge is 0.200 e. The molecular weight excluding hydrogens is 192 g/mol. The van der Waals surface area contributed by atoms with Crippen molar-refractivity contribution >= 4 is 0 Å². The van der Waals surface area contributed by atoms with Gasteiger partial charge in [-0.3, -0.25) is 0 Å². The van der Waals surface area contributed by atoms with Crippen molar-refractivity contribution in [2.24, 2.45) is 5.73 Å². The molecule has 0 heterocycles. The number of halogens is 2. The van der Waals surface area contributed by atoms with Crippen molar-refractivity contribution in [2.45, 2.75) is 19.1 Å². The molecule has 1 rings (SSSR count). The summed E-state index contributed by atoms with van der Waals surface area (Å²) in [5.41, 5.74) is 5.26. The molecule has 5 heteroatoms. The molecule has 78 valence electrons. The summed E-state index contributed by atoms with van der Waals surface area (Å²) in [6.07, 6.45) is -0.992. The molecule has 0 unspecified atom stereocenters. The fraction of sp³-hybridized carbons (Fsp3) is 0.333. The van der Waals surface area contributed by atoms with Crippen LogP contribution in [0, 0.1) is 11.6 Å². The Bertz CT molecular complexity index is 342. The number of aliphatic hydroxyl groups is 1. The lowest BCUT2D eigenvalue weighted by molar-refractivity contribution is 0.162. The maximum absolute atomic E-state index is 13.1. The van der Waals surface area contributed by atoms with Crippen molar-refractivity contribution < 1.29 is 19.0 Å². The van der Waals surface area contributed by atoms with E-state index in [4.69, 9.17) is 15.9 Å². The van der Waals surface area contributed by atoms with Crippen LogP contribution in [-0.4, -0.2) is 16.3 Å². The number of hydrogen-bond acceptors (Lipinski definition) is 3. The quantitative estimate of drug-likeness (QED) is 0.673. The number of rotatable bonds is 2. The summed E-state index contributed by atoms with van der Waals surface area (Å²) in [5.74, 6) is -3.35. The summed E-state index contributed by atoms with van der Waals surface area (Å²) in [5, 5.41) is 17.9. The predicted molar refractivity (Wildman–Crippen MR) is 46.6 cm³/mol. The lowest BCUT2D eigenvalue weighted by Crippen LogP contribution is -2.24. The number of phenolic OH excluding ortho intramolecular Hbond substituents is 1. The molecule has 0 radical (unpaired) electrons. The van der Waals surface area contributed by atoms with Crippen LogP contribution in [0.15, 0.2) is 12.1 Å². The first-order chi connectivity index (χ1) is 6.45. The van der Waals surface area contributed by atoms with Gasteiger partial charge in [-0.1, -0.05) is 6.07 Å². The van der Waals surface area contributed by atoms with Gasteiger partial charge in [-0.25, -0.2) is 4.39 Å². The standard InChI is InChI=1S/C9H11F2NO2/c1-4(13)9(12)5-2-3-6(14)8(11)7(5)10/h2-4,9,13-14H,12H2,1H3/t4-,9-/m1/s1. The highest BCUT2D eigenvalue weighted by Crippen LogP contribution is 2.25. The first-order valence-corrected chi connectivity index (χ1v) is 4.05. The number of phenols is 1. The van der Waals surface area contributed by atoms with Crippen LogP contribution in [0.2, 0.25) is 0 Å². The molecule has 1 aromatic carbocycles. The van der Waals surface area contributed by atoms with Gasteiger partial charge in [0.05, 0.1) is 12.1 Å². The fourth-order valence-electron chi connectivity index (χ4n) is 1.07. The molecular formula is C9H11F2NO2. The highest BCUT2D eigenvalue weighted by Gasteiger charge is 2.20. The number of benzene rings is 1. The third-order valence-electron chi connectivity index (χ3n) is 1.97. The number of aliphatic hydroxyl groups excluding tert-OH is 1. The Balaban J connectivity index is 3.17. The third kappa shape index (κ3) is 1.83. The van der Waals surface area contributed by atoms with E-state index < -0.39 is 29.5 Å². The van der Waals surface area contributed by atoms with Gasteiger partial charge in [-0.05, 0) is 13.0 Å². The minimum atomic E-state index is -1.35. The Hall–Kier alpha value is -1.20. The monoisotopic (exact) mass is 203 g/mol. The topological polar surface area (TPSA) is 66.5 Å². The van der Waals surface area contributed by atoms with Crippen LogP contribution >= 0.6 is 0 Å². The second-order valence-electron chi connectivity index (χ2n) is 3.07. The normalized spacial score (nSPS) is 15.2. The third-order valence-corrected chi connectivity index (χ3v) is 1.97. The van der Waals surface area contributed by atoms with E-state index in [9.17, 15) is 8.78 Å². The predicted octanol–water partition coefficient (Wildman–Crippen LogP) is 1.05. The van der Waals surface area contributed by atoms with Gasteiger partial charge in [0.15, 0.2) is 11.6 Å². The molecule has 0 aliphatic rings. The summed E-state index contributed by atoms with van der Waals surface area (Å²) >= 11 is 0. The Kier molecular flexibility index (Phi) is 3.03. The molecule has 0 saturated heterocycles. The summed E-state index contributed by atoms with van der Waals surface area (Å²) in [6.45, 7) is 1.37. The Morgan fingerprint density at radius 2 is 1.86 bits per heavy atom. The van der Waals surface area contributed by atoms with E-state index in [0.717, 1.165) is 12.1 Å². The molecule has 0 aliphatic heterocycles. The van der Waals surface area contributed by atoms with Gasteiger partial charge in [-0.15, -0.1) is 0 Å². The van der Waals surface area contributed by atoms with Crippen LogP contribution in [0.5, 0.6) is 5.75 Å². The Morgan fingerprint density at radius 1 is 1.29 bits per heavy atom. The van der Waals surface area contributed by atoms with Crippen molar-refractivity contribution in [3.63, 3.8) is 0 Å². The van der Waals surface area contributed by atoms with Gasteiger partial charge in [0.1, 0.15) is 0 Å². The molecule has 2 atom stereocenters. The Morgan fingerprint density at radius 3 is 2.36 bits per heavy atom. The summed E-state index contributed by atoms with van der Waals surface area (Å²) in [4.78, 5) is 0. The number of hydrogen-bond donors (Lipinski definition) is 3. The van der Waals surface area contributed by atoms with E-state index in [-0.39, 0.29) is 5.56 Å². The highest BCUT2D eigenvalue weighted by molar-refractivity contribution is 5.31. The van der Waals surface area contributed by atoms with Crippen molar-refractivity contribution in [3.8, 4) is 5.75 Å². The molecule has 4 N–H and O–H groups in total. The largest absolute Gasteiger partial charge is 0.505 e. The molecule has 3 nitrogen and oxygen atoms in total. The van der Waals surface area contributed by atoms with Gasteiger partial charge >= 0.3 is 0 Å². The summed E-state index contributed by atoms with van der Waals surface area (Å²) in [6, 6.07) is 1.13. The van der Waals surface area contributed by atoms with E-state index in [0.29, 0.717) is 0 Å². The zero-order chi connectivity index (χ0) is 10.9. The van der Waals surface area contributed by atoms with Crippen molar-refractivity contribution in [2.75, 3.05) is 0 Å². The minimum absolute atomic E-state index is 0.157. The van der Waals surface area contributed by atoms with Crippen LogP contribution in [-0.2, 0) is 0 Å². The highest BCUT2D eigenvalue weighted by atomic mass is 19.2. The molecule has 0 amide bonds. The molecule has 0 saturated carbocycles. The van der Waals surface area contributed by atoms with Crippen LogP contribution in [0.4, 0.5) is 8.78 Å². The minimum Gasteiger partial charge on any atom is -0.505 e. The lowest BCUT2D eigenvalue weighted by Gasteiger charge is -2.16. The average Bonchev–Trinajstić information content (AvgIpc) is 2.13. The maximum atomic E-state index is 13.1. The molecule has 0 bridgehead atoms. The number of nitrogens with two attached hydrogens (primary N) is 1. The number of aromatic hydroxyl groups is 1. The zero-order valence-corrected chi connectivity index (χ0v) is 7.54. The van der Waals surface area contributed by atoms with Gasteiger partial charge in [0.2, 0.25) is 5.82 Å². The van der Waals surface area contributed by atoms with Crippen LogP contribution < -0.4 is 5.73 Å². The first kappa shape index (κ1) is 10.9. The van der Waals surface area contributed by atoms with E-state index in [1.54, 1.807) is 0 Å². The molecule has 0 spiro atoms. The average molecular weight is 203 g/mol. The van der Waals surface area contributed by atoms with Crippen molar-refractivity contribution in [1.82, 2.24) is 0 Å². The van der Waals surface area contributed by atoms with E-state index in [1.807, 2.05) is 0 Å². The van der Waals surface area contributed by atoms with Gasteiger partial charge in [-0.2, -0.15) is 4.39 Å². The molecule has 1 aromatic rings. The summed E-state index contributed by atoms with van der Waals surface area (Å²) in [7, 11) is 0. The van der Waals surface area contributed by atoms with Gasteiger partial charge in [0, 0.05) is 5.56 Å². The van der Waals surface area contributed by atoms with E-state index >= 15 is 0 Å². The molecule has 0 aliphatic carbocycles. The van der Waals surface area contributed by atoms with E-state index in [1.165, 1.54) is 6.92 Å². The SMILES string of the molecule is C[C@@H](O)[C@@H](N)c1ccc(O)c(F)c1F. The van der Waals surface area contributed by atoms with Crippen molar-refractivity contribution in [3.05, 3.63) is 29.3 Å². The first-order valence-electron chi connectivity index (χ1n) is 4.05. The van der Waals surface area contributed by atoms with E-state index in [2.05, 4.69) is 0 Å². The molecule has 0 aromatic heterocycles. The maximum Gasteiger partial charge on any atom is 0.200 e. The summed E-state index contributed by atoms with van der Waals surface area (Å²) < 4.78 is 26.0. The zero-order valence-electron chi connectivity index (χ0n) is 7.54. The van der Waals surface area contributed by atoms with Crippen LogP contribution in [0.25, 0.3) is 0 Å². The van der Waals surface area contributed by atoms with Crippen LogP contribution in [0.3, 0.4) is 0 Å². The van der Waals surface area contributed by atoms with Gasteiger partial charge in [0.25, 0.3) is 0 Å². The van der Waals surface area contributed by atoms with Crippen LogP contribution in [0.1, 0.15) is 18.5 Å². The second kappa shape index (κ2) is 3.89. The second-order valence-corrected chi connectivity index (χ2v) is 3.07. The van der Waals surface area contributed by atoms with Crippen molar-refractivity contribution in [1.29, 1.82) is 0 Å². The fourth-order valence-corrected chi connectivity index (χ4v) is 1.07. The molecule has 0 fully saturated rings. The van der Waals surface area contributed by atoms with Gasteiger partial charge < -0.3 is 15.9 Å². The molecule has 14 heavy (non-hydrogen) atoms. The Labute approximate surface area is 79.8 Å².